The highest BCUT2D eigenvalue weighted by Gasteiger charge is 2.14. The highest BCUT2D eigenvalue weighted by molar-refractivity contribution is 5.96. The number of carbonyl (C=O) groups excluding carboxylic acids is 1. The standard InChI is InChI=1S/C20H22N2O/c1-13(2)15-8-4-6-10-18(15)22-20(23)12-17-14(3)21-19-11-7-5-9-16(17)19/h4-11,13,21H,12H2,1-3H3,(H,22,23). The van der Waals surface area contributed by atoms with Crippen LogP contribution in [0.25, 0.3) is 10.9 Å². The third-order valence-electron chi connectivity index (χ3n) is 4.22. The molecule has 1 amide bonds. The van der Waals surface area contributed by atoms with Crippen molar-refractivity contribution >= 4 is 22.5 Å². The third kappa shape index (κ3) is 3.14. The summed E-state index contributed by atoms with van der Waals surface area (Å²) in [7, 11) is 0. The molecule has 0 aliphatic heterocycles. The Morgan fingerprint density at radius 3 is 2.57 bits per heavy atom. The lowest BCUT2D eigenvalue weighted by atomic mass is 10.0. The minimum absolute atomic E-state index is 0.0194. The van der Waals surface area contributed by atoms with Gasteiger partial charge < -0.3 is 10.3 Å². The van der Waals surface area contributed by atoms with Crippen molar-refractivity contribution in [1.82, 2.24) is 4.98 Å². The maximum Gasteiger partial charge on any atom is 0.228 e. The number of para-hydroxylation sites is 2. The Morgan fingerprint density at radius 1 is 1.09 bits per heavy atom. The molecule has 0 atom stereocenters. The first-order valence-corrected chi connectivity index (χ1v) is 8.01. The normalized spacial score (nSPS) is 11.1. The molecular weight excluding hydrogens is 284 g/mol. The Labute approximate surface area is 136 Å². The summed E-state index contributed by atoms with van der Waals surface area (Å²) in [4.78, 5) is 15.9. The lowest BCUT2D eigenvalue weighted by Crippen LogP contribution is -2.16. The van der Waals surface area contributed by atoms with Gasteiger partial charge in [-0.1, -0.05) is 50.2 Å². The van der Waals surface area contributed by atoms with Crippen molar-refractivity contribution in [2.75, 3.05) is 5.32 Å². The molecule has 2 N–H and O–H groups in total. The van der Waals surface area contributed by atoms with Crippen molar-refractivity contribution in [3.63, 3.8) is 0 Å². The number of carbonyl (C=O) groups is 1. The molecule has 23 heavy (non-hydrogen) atoms. The highest BCUT2D eigenvalue weighted by Crippen LogP contribution is 2.25. The summed E-state index contributed by atoms with van der Waals surface area (Å²) in [5, 5.41) is 4.19. The predicted molar refractivity (Wildman–Crippen MR) is 95.9 cm³/mol. The summed E-state index contributed by atoms with van der Waals surface area (Å²) in [6.07, 6.45) is 0.377. The molecule has 0 spiro atoms. The Morgan fingerprint density at radius 2 is 1.78 bits per heavy atom. The van der Waals surface area contributed by atoms with E-state index < -0.39 is 0 Å². The third-order valence-corrected chi connectivity index (χ3v) is 4.22. The number of aromatic amines is 1. The minimum atomic E-state index is 0.0194. The zero-order valence-corrected chi connectivity index (χ0v) is 13.8. The molecule has 1 heterocycles. The Bertz CT molecular complexity index is 846. The molecule has 0 bridgehead atoms. The number of fused-ring (bicyclic) bond motifs is 1. The van der Waals surface area contributed by atoms with Crippen molar-refractivity contribution in [2.45, 2.75) is 33.1 Å². The summed E-state index contributed by atoms with van der Waals surface area (Å²) in [6.45, 7) is 6.29. The van der Waals surface area contributed by atoms with E-state index in [2.05, 4.69) is 36.3 Å². The fourth-order valence-corrected chi connectivity index (χ4v) is 3.03. The minimum Gasteiger partial charge on any atom is -0.358 e. The van der Waals surface area contributed by atoms with Crippen LogP contribution in [0.1, 0.15) is 36.6 Å². The van der Waals surface area contributed by atoms with E-state index in [-0.39, 0.29) is 5.91 Å². The van der Waals surface area contributed by atoms with Gasteiger partial charge in [0.15, 0.2) is 0 Å². The number of anilines is 1. The largest absolute Gasteiger partial charge is 0.358 e. The van der Waals surface area contributed by atoms with Gasteiger partial charge in [0, 0.05) is 22.3 Å². The van der Waals surface area contributed by atoms with Gasteiger partial charge in [0.1, 0.15) is 0 Å². The molecule has 0 aliphatic rings. The van der Waals surface area contributed by atoms with E-state index >= 15 is 0 Å². The van der Waals surface area contributed by atoms with Crippen LogP contribution in [0.15, 0.2) is 48.5 Å². The number of H-pyrrole nitrogens is 1. The van der Waals surface area contributed by atoms with Crippen LogP contribution in [0.4, 0.5) is 5.69 Å². The van der Waals surface area contributed by atoms with Gasteiger partial charge in [-0.3, -0.25) is 4.79 Å². The van der Waals surface area contributed by atoms with Crippen molar-refractivity contribution in [1.29, 1.82) is 0 Å². The van der Waals surface area contributed by atoms with Crippen LogP contribution in [0, 0.1) is 6.92 Å². The summed E-state index contributed by atoms with van der Waals surface area (Å²) >= 11 is 0. The van der Waals surface area contributed by atoms with Crippen LogP contribution in [0.3, 0.4) is 0 Å². The van der Waals surface area contributed by atoms with Gasteiger partial charge in [-0.15, -0.1) is 0 Å². The van der Waals surface area contributed by atoms with Gasteiger partial charge in [0.05, 0.1) is 6.42 Å². The quantitative estimate of drug-likeness (QED) is 0.715. The summed E-state index contributed by atoms with van der Waals surface area (Å²) in [6, 6.07) is 16.1. The zero-order valence-electron chi connectivity index (χ0n) is 13.8. The molecule has 0 saturated heterocycles. The second-order valence-corrected chi connectivity index (χ2v) is 6.24. The van der Waals surface area contributed by atoms with E-state index in [4.69, 9.17) is 0 Å². The number of hydrogen-bond donors (Lipinski definition) is 2. The molecule has 118 valence electrons. The first-order chi connectivity index (χ1) is 11.1. The van der Waals surface area contributed by atoms with Gasteiger partial charge in [0.2, 0.25) is 5.91 Å². The maximum atomic E-state index is 12.5. The number of hydrogen-bond acceptors (Lipinski definition) is 1. The summed E-state index contributed by atoms with van der Waals surface area (Å²) < 4.78 is 0. The molecule has 0 unspecified atom stereocenters. The lowest BCUT2D eigenvalue weighted by molar-refractivity contribution is -0.115. The number of benzene rings is 2. The fraction of sp³-hybridized carbons (Fsp3) is 0.250. The molecule has 0 fully saturated rings. The van der Waals surface area contributed by atoms with Crippen LogP contribution >= 0.6 is 0 Å². The number of aromatic nitrogens is 1. The summed E-state index contributed by atoms with van der Waals surface area (Å²) in [5.41, 5.74) is 5.27. The average molecular weight is 306 g/mol. The Kier molecular flexibility index (Phi) is 4.20. The number of rotatable bonds is 4. The lowest BCUT2D eigenvalue weighted by Gasteiger charge is -2.13. The smallest absolute Gasteiger partial charge is 0.228 e. The van der Waals surface area contributed by atoms with E-state index in [0.717, 1.165) is 33.4 Å². The highest BCUT2D eigenvalue weighted by atomic mass is 16.1. The second kappa shape index (κ2) is 6.29. The fourth-order valence-electron chi connectivity index (χ4n) is 3.03. The van der Waals surface area contributed by atoms with Crippen molar-refractivity contribution in [3.8, 4) is 0 Å². The molecule has 3 nitrogen and oxygen atoms in total. The molecule has 2 aromatic carbocycles. The van der Waals surface area contributed by atoms with Crippen LogP contribution in [0.5, 0.6) is 0 Å². The average Bonchev–Trinajstić information content (AvgIpc) is 2.83. The summed E-state index contributed by atoms with van der Waals surface area (Å²) in [5.74, 6) is 0.396. The molecule has 3 rings (SSSR count). The van der Waals surface area contributed by atoms with Crippen LogP contribution < -0.4 is 5.32 Å². The van der Waals surface area contributed by atoms with Gasteiger partial charge in [-0.25, -0.2) is 0 Å². The molecule has 0 radical (unpaired) electrons. The van der Waals surface area contributed by atoms with Crippen molar-refractivity contribution in [3.05, 3.63) is 65.4 Å². The Hall–Kier alpha value is -2.55. The van der Waals surface area contributed by atoms with E-state index in [1.165, 1.54) is 0 Å². The van der Waals surface area contributed by atoms with E-state index in [1.54, 1.807) is 0 Å². The SMILES string of the molecule is Cc1[nH]c2ccccc2c1CC(=O)Nc1ccccc1C(C)C. The number of nitrogens with one attached hydrogen (secondary N) is 2. The van der Waals surface area contributed by atoms with Gasteiger partial charge in [-0.2, -0.15) is 0 Å². The van der Waals surface area contributed by atoms with Crippen molar-refractivity contribution < 1.29 is 4.79 Å². The van der Waals surface area contributed by atoms with Gasteiger partial charge >= 0.3 is 0 Å². The molecule has 3 aromatic rings. The number of aryl methyl sites for hydroxylation is 1. The van der Waals surface area contributed by atoms with Crippen LogP contribution in [0.2, 0.25) is 0 Å². The molecule has 3 heteroatoms. The van der Waals surface area contributed by atoms with E-state index in [1.807, 2.05) is 43.3 Å². The van der Waals surface area contributed by atoms with E-state index in [0.29, 0.717) is 12.3 Å². The second-order valence-electron chi connectivity index (χ2n) is 6.24. The first kappa shape index (κ1) is 15.3. The first-order valence-electron chi connectivity index (χ1n) is 8.01. The monoisotopic (exact) mass is 306 g/mol. The van der Waals surface area contributed by atoms with Gasteiger partial charge in [0.25, 0.3) is 0 Å². The van der Waals surface area contributed by atoms with E-state index in [9.17, 15) is 4.79 Å². The van der Waals surface area contributed by atoms with Crippen LogP contribution in [-0.4, -0.2) is 10.9 Å². The topological polar surface area (TPSA) is 44.9 Å². The van der Waals surface area contributed by atoms with Crippen LogP contribution in [-0.2, 0) is 11.2 Å². The molecular formula is C20H22N2O. The zero-order chi connectivity index (χ0) is 16.4. The molecule has 0 saturated carbocycles. The molecule has 0 aliphatic carbocycles. The molecule has 1 aromatic heterocycles. The number of amides is 1. The maximum absolute atomic E-state index is 12.5. The predicted octanol–water partition coefficient (Wildman–Crippen LogP) is 4.78. The Balaban J connectivity index is 1.84. The van der Waals surface area contributed by atoms with Gasteiger partial charge in [-0.05, 0) is 36.1 Å². The van der Waals surface area contributed by atoms with Crippen molar-refractivity contribution in [2.24, 2.45) is 0 Å².